The fourth-order valence-electron chi connectivity index (χ4n) is 2.67. The molecule has 0 amide bonds. The van der Waals surface area contributed by atoms with E-state index in [4.69, 9.17) is 0 Å². The molecule has 1 aromatic heterocycles. The summed E-state index contributed by atoms with van der Waals surface area (Å²) in [5.74, 6) is 1.83. The van der Waals surface area contributed by atoms with Gasteiger partial charge in [0, 0.05) is 24.8 Å². The number of aromatic nitrogens is 2. The maximum absolute atomic E-state index is 13.8. The molecule has 0 spiro atoms. The van der Waals surface area contributed by atoms with Crippen LogP contribution in [0.5, 0.6) is 0 Å². The minimum atomic E-state index is -0.285. The first kappa shape index (κ1) is 14.8. The zero-order valence-electron chi connectivity index (χ0n) is 13.0. The lowest BCUT2D eigenvalue weighted by atomic mass is 10.00. The van der Waals surface area contributed by atoms with Crippen LogP contribution in [-0.2, 0) is 0 Å². The van der Waals surface area contributed by atoms with Gasteiger partial charge < -0.3 is 10.2 Å². The predicted octanol–water partition coefficient (Wildman–Crippen LogP) is 3.90. The molecule has 0 bridgehead atoms. The van der Waals surface area contributed by atoms with Crippen LogP contribution in [0.25, 0.3) is 0 Å². The highest BCUT2D eigenvalue weighted by Crippen LogP contribution is 2.23. The third-order valence-electron chi connectivity index (χ3n) is 4.05. The van der Waals surface area contributed by atoms with E-state index in [1.807, 2.05) is 13.0 Å². The van der Waals surface area contributed by atoms with E-state index in [1.165, 1.54) is 6.07 Å². The van der Waals surface area contributed by atoms with Gasteiger partial charge in [-0.3, -0.25) is 0 Å². The van der Waals surface area contributed by atoms with Crippen molar-refractivity contribution in [3.63, 3.8) is 0 Å². The molecule has 0 radical (unpaired) electrons. The molecule has 0 atom stereocenters. The van der Waals surface area contributed by atoms with Gasteiger partial charge in [-0.15, -0.1) is 0 Å². The minimum Gasteiger partial charge on any atom is -0.341 e. The standard InChI is InChI=1S/C17H21FN4/c1-12-7-9-22(10-8-12)17-19-13(2)11-16(21-17)20-15-6-4-3-5-14(15)18/h3-6,11-12H,7-10H2,1-2H3,(H,19,20,21). The second-order valence-electron chi connectivity index (χ2n) is 5.97. The molecular weight excluding hydrogens is 279 g/mol. The summed E-state index contributed by atoms with van der Waals surface area (Å²) >= 11 is 0. The summed E-state index contributed by atoms with van der Waals surface area (Å²) in [7, 11) is 0. The molecule has 116 valence electrons. The van der Waals surface area contributed by atoms with Crippen LogP contribution in [0, 0.1) is 18.7 Å². The Morgan fingerprint density at radius 3 is 2.64 bits per heavy atom. The lowest BCUT2D eigenvalue weighted by Gasteiger charge is -2.30. The number of piperidine rings is 1. The first-order valence-corrected chi connectivity index (χ1v) is 7.74. The van der Waals surface area contributed by atoms with Crippen molar-refractivity contribution in [1.82, 2.24) is 9.97 Å². The number of halogens is 1. The molecule has 5 heteroatoms. The van der Waals surface area contributed by atoms with Crippen molar-refractivity contribution < 1.29 is 4.39 Å². The molecular formula is C17H21FN4. The molecule has 1 N–H and O–H groups in total. The molecule has 1 fully saturated rings. The Morgan fingerprint density at radius 1 is 1.18 bits per heavy atom. The first-order valence-electron chi connectivity index (χ1n) is 7.74. The van der Waals surface area contributed by atoms with E-state index in [1.54, 1.807) is 18.2 Å². The second kappa shape index (κ2) is 6.30. The summed E-state index contributed by atoms with van der Waals surface area (Å²) in [6.07, 6.45) is 2.32. The molecule has 0 saturated carbocycles. The van der Waals surface area contributed by atoms with Crippen LogP contribution < -0.4 is 10.2 Å². The number of aryl methyl sites for hydroxylation is 1. The Labute approximate surface area is 130 Å². The Hall–Kier alpha value is -2.17. The van der Waals surface area contributed by atoms with Crippen LogP contribution in [0.15, 0.2) is 30.3 Å². The van der Waals surface area contributed by atoms with E-state index in [0.717, 1.165) is 43.5 Å². The zero-order valence-corrected chi connectivity index (χ0v) is 13.0. The van der Waals surface area contributed by atoms with Crippen molar-refractivity contribution in [3.05, 3.63) is 41.8 Å². The number of hydrogen-bond donors (Lipinski definition) is 1. The van der Waals surface area contributed by atoms with Crippen molar-refractivity contribution in [2.24, 2.45) is 5.92 Å². The van der Waals surface area contributed by atoms with Crippen LogP contribution in [0.3, 0.4) is 0 Å². The highest BCUT2D eigenvalue weighted by atomic mass is 19.1. The van der Waals surface area contributed by atoms with Crippen molar-refractivity contribution in [2.75, 3.05) is 23.3 Å². The predicted molar refractivity (Wildman–Crippen MR) is 87.1 cm³/mol. The zero-order chi connectivity index (χ0) is 15.5. The van der Waals surface area contributed by atoms with Gasteiger partial charge in [-0.25, -0.2) is 9.37 Å². The SMILES string of the molecule is Cc1cc(Nc2ccccc2F)nc(N2CCC(C)CC2)n1. The van der Waals surface area contributed by atoms with E-state index in [2.05, 4.69) is 27.1 Å². The Bertz CT molecular complexity index is 651. The van der Waals surface area contributed by atoms with Gasteiger partial charge in [0.25, 0.3) is 0 Å². The minimum absolute atomic E-state index is 0.285. The molecule has 1 aliphatic heterocycles. The van der Waals surface area contributed by atoms with Crippen LogP contribution in [0.4, 0.5) is 21.8 Å². The van der Waals surface area contributed by atoms with Gasteiger partial charge in [0.05, 0.1) is 5.69 Å². The van der Waals surface area contributed by atoms with E-state index >= 15 is 0 Å². The summed E-state index contributed by atoms with van der Waals surface area (Å²) in [5.41, 5.74) is 1.31. The van der Waals surface area contributed by atoms with Gasteiger partial charge in [0.2, 0.25) is 5.95 Å². The van der Waals surface area contributed by atoms with E-state index in [9.17, 15) is 4.39 Å². The summed E-state index contributed by atoms with van der Waals surface area (Å²) in [5, 5.41) is 3.05. The van der Waals surface area contributed by atoms with E-state index in [0.29, 0.717) is 11.5 Å². The van der Waals surface area contributed by atoms with Gasteiger partial charge in [-0.2, -0.15) is 4.98 Å². The molecule has 2 aromatic rings. The maximum Gasteiger partial charge on any atom is 0.227 e. The largest absolute Gasteiger partial charge is 0.341 e. The third-order valence-corrected chi connectivity index (χ3v) is 4.05. The Balaban J connectivity index is 1.82. The number of anilines is 3. The smallest absolute Gasteiger partial charge is 0.227 e. The molecule has 1 saturated heterocycles. The lowest BCUT2D eigenvalue weighted by Crippen LogP contribution is -2.34. The summed E-state index contributed by atoms with van der Waals surface area (Å²) in [4.78, 5) is 11.3. The quantitative estimate of drug-likeness (QED) is 0.933. The molecule has 3 rings (SSSR count). The number of benzene rings is 1. The van der Waals surface area contributed by atoms with Crippen LogP contribution in [0.2, 0.25) is 0 Å². The second-order valence-corrected chi connectivity index (χ2v) is 5.97. The van der Waals surface area contributed by atoms with Crippen molar-refractivity contribution in [3.8, 4) is 0 Å². The van der Waals surface area contributed by atoms with Crippen LogP contribution in [-0.4, -0.2) is 23.1 Å². The molecule has 1 aromatic carbocycles. The van der Waals surface area contributed by atoms with Crippen molar-refractivity contribution in [2.45, 2.75) is 26.7 Å². The monoisotopic (exact) mass is 300 g/mol. The average molecular weight is 300 g/mol. The van der Waals surface area contributed by atoms with Gasteiger partial charge in [0.1, 0.15) is 11.6 Å². The van der Waals surface area contributed by atoms with Gasteiger partial charge >= 0.3 is 0 Å². The van der Waals surface area contributed by atoms with Crippen LogP contribution >= 0.6 is 0 Å². The van der Waals surface area contributed by atoms with Gasteiger partial charge in [-0.1, -0.05) is 19.1 Å². The van der Waals surface area contributed by atoms with Crippen LogP contribution in [0.1, 0.15) is 25.5 Å². The molecule has 2 heterocycles. The number of nitrogens with one attached hydrogen (secondary N) is 1. The van der Waals surface area contributed by atoms with E-state index in [-0.39, 0.29) is 5.82 Å². The first-order chi connectivity index (χ1) is 10.6. The average Bonchev–Trinajstić information content (AvgIpc) is 2.50. The highest BCUT2D eigenvalue weighted by molar-refractivity contribution is 5.58. The molecule has 22 heavy (non-hydrogen) atoms. The number of nitrogens with zero attached hydrogens (tertiary/aromatic N) is 3. The fourth-order valence-corrected chi connectivity index (χ4v) is 2.67. The molecule has 0 unspecified atom stereocenters. The lowest BCUT2D eigenvalue weighted by molar-refractivity contribution is 0.434. The number of hydrogen-bond acceptors (Lipinski definition) is 4. The Morgan fingerprint density at radius 2 is 1.91 bits per heavy atom. The van der Waals surface area contributed by atoms with Crippen molar-refractivity contribution in [1.29, 1.82) is 0 Å². The summed E-state index contributed by atoms with van der Waals surface area (Å²) in [6, 6.07) is 8.44. The maximum atomic E-state index is 13.8. The highest BCUT2D eigenvalue weighted by Gasteiger charge is 2.18. The molecule has 1 aliphatic rings. The fraction of sp³-hybridized carbons (Fsp3) is 0.412. The van der Waals surface area contributed by atoms with E-state index < -0.39 is 0 Å². The topological polar surface area (TPSA) is 41.1 Å². The molecule has 4 nitrogen and oxygen atoms in total. The van der Waals surface area contributed by atoms with Crippen molar-refractivity contribution >= 4 is 17.5 Å². The van der Waals surface area contributed by atoms with Gasteiger partial charge in [-0.05, 0) is 37.8 Å². The number of rotatable bonds is 3. The Kier molecular flexibility index (Phi) is 4.22. The van der Waals surface area contributed by atoms with Gasteiger partial charge in [0.15, 0.2) is 0 Å². The summed E-state index contributed by atoms with van der Waals surface area (Å²) in [6.45, 7) is 6.16. The molecule has 0 aliphatic carbocycles. The normalized spacial score (nSPS) is 15.9. The summed E-state index contributed by atoms with van der Waals surface area (Å²) < 4.78 is 13.8. The third kappa shape index (κ3) is 3.35. The number of para-hydroxylation sites is 1.